The molecular weight excluding hydrogens is 239 g/mol. The average molecular weight is 258 g/mol. The van der Waals surface area contributed by atoms with Gasteiger partial charge in [-0.05, 0) is 55.2 Å². The van der Waals surface area contributed by atoms with E-state index in [-0.39, 0.29) is 5.82 Å². The molecule has 0 radical (unpaired) electrons. The SMILES string of the molecule is CN(CC1CC2CCC1C2)c1cc(F)cc(C#N)c1. The van der Waals surface area contributed by atoms with E-state index in [1.54, 1.807) is 6.07 Å². The van der Waals surface area contributed by atoms with E-state index in [2.05, 4.69) is 4.90 Å². The van der Waals surface area contributed by atoms with Crippen molar-refractivity contribution >= 4 is 5.69 Å². The van der Waals surface area contributed by atoms with Crippen LogP contribution in [0.3, 0.4) is 0 Å². The van der Waals surface area contributed by atoms with Gasteiger partial charge in [-0.25, -0.2) is 4.39 Å². The van der Waals surface area contributed by atoms with E-state index >= 15 is 0 Å². The first-order valence-electron chi connectivity index (χ1n) is 7.07. The molecule has 3 rings (SSSR count). The fraction of sp³-hybridized carbons (Fsp3) is 0.562. The lowest BCUT2D eigenvalue weighted by Crippen LogP contribution is -2.28. The summed E-state index contributed by atoms with van der Waals surface area (Å²) in [6.07, 6.45) is 5.50. The molecule has 2 fully saturated rings. The Morgan fingerprint density at radius 3 is 2.79 bits per heavy atom. The number of nitrogens with zero attached hydrogens (tertiary/aromatic N) is 2. The number of hydrogen-bond acceptors (Lipinski definition) is 2. The number of halogens is 1. The molecule has 2 bridgehead atoms. The van der Waals surface area contributed by atoms with Gasteiger partial charge in [0, 0.05) is 19.3 Å². The molecule has 3 atom stereocenters. The van der Waals surface area contributed by atoms with Gasteiger partial charge < -0.3 is 4.90 Å². The van der Waals surface area contributed by atoms with Gasteiger partial charge in [-0.3, -0.25) is 0 Å². The van der Waals surface area contributed by atoms with Gasteiger partial charge in [0.25, 0.3) is 0 Å². The second-order valence-electron chi connectivity index (χ2n) is 6.13. The number of fused-ring (bicyclic) bond motifs is 2. The van der Waals surface area contributed by atoms with Gasteiger partial charge in [0.1, 0.15) is 5.82 Å². The largest absolute Gasteiger partial charge is 0.374 e. The van der Waals surface area contributed by atoms with Gasteiger partial charge in [0.05, 0.1) is 11.6 Å². The summed E-state index contributed by atoms with van der Waals surface area (Å²) in [4.78, 5) is 2.11. The van der Waals surface area contributed by atoms with Crippen molar-refractivity contribution in [2.24, 2.45) is 17.8 Å². The van der Waals surface area contributed by atoms with Gasteiger partial charge in [0.15, 0.2) is 0 Å². The van der Waals surface area contributed by atoms with E-state index in [1.807, 2.05) is 13.1 Å². The van der Waals surface area contributed by atoms with Crippen LogP contribution in [0.25, 0.3) is 0 Å². The van der Waals surface area contributed by atoms with Crippen LogP contribution in [0.5, 0.6) is 0 Å². The van der Waals surface area contributed by atoms with Crippen molar-refractivity contribution in [3.8, 4) is 6.07 Å². The monoisotopic (exact) mass is 258 g/mol. The topological polar surface area (TPSA) is 27.0 Å². The highest BCUT2D eigenvalue weighted by molar-refractivity contribution is 5.51. The van der Waals surface area contributed by atoms with Gasteiger partial charge in [0.2, 0.25) is 0 Å². The minimum atomic E-state index is -0.325. The lowest BCUT2D eigenvalue weighted by molar-refractivity contribution is 0.337. The third-order valence-corrected chi connectivity index (χ3v) is 4.85. The fourth-order valence-corrected chi connectivity index (χ4v) is 3.92. The molecule has 0 amide bonds. The Kier molecular flexibility index (Phi) is 3.18. The highest BCUT2D eigenvalue weighted by atomic mass is 19.1. The smallest absolute Gasteiger partial charge is 0.126 e. The molecule has 3 heteroatoms. The molecule has 3 unspecified atom stereocenters. The molecule has 0 spiro atoms. The first-order chi connectivity index (χ1) is 9.15. The third-order valence-electron chi connectivity index (χ3n) is 4.85. The quantitative estimate of drug-likeness (QED) is 0.828. The van der Waals surface area contributed by atoms with E-state index < -0.39 is 0 Å². The van der Waals surface area contributed by atoms with Crippen LogP contribution >= 0.6 is 0 Å². The van der Waals surface area contributed by atoms with Crippen LogP contribution in [0.4, 0.5) is 10.1 Å². The van der Waals surface area contributed by atoms with Crippen molar-refractivity contribution in [3.63, 3.8) is 0 Å². The van der Waals surface area contributed by atoms with Gasteiger partial charge in [-0.1, -0.05) is 6.42 Å². The Hall–Kier alpha value is -1.56. The van der Waals surface area contributed by atoms with E-state index in [9.17, 15) is 4.39 Å². The lowest BCUT2D eigenvalue weighted by Gasteiger charge is -2.28. The summed E-state index contributed by atoms with van der Waals surface area (Å²) in [5.74, 6) is 2.23. The van der Waals surface area contributed by atoms with Crippen molar-refractivity contribution in [3.05, 3.63) is 29.6 Å². The highest BCUT2D eigenvalue weighted by Crippen LogP contribution is 2.48. The minimum Gasteiger partial charge on any atom is -0.374 e. The molecule has 19 heavy (non-hydrogen) atoms. The molecule has 100 valence electrons. The Morgan fingerprint density at radius 2 is 2.16 bits per heavy atom. The summed E-state index contributed by atoms with van der Waals surface area (Å²) in [5.41, 5.74) is 1.22. The summed E-state index contributed by atoms with van der Waals surface area (Å²) < 4.78 is 13.5. The fourth-order valence-electron chi connectivity index (χ4n) is 3.92. The Balaban J connectivity index is 1.72. The molecule has 1 aromatic rings. The van der Waals surface area contributed by atoms with Crippen molar-refractivity contribution in [2.45, 2.75) is 25.7 Å². The number of hydrogen-bond donors (Lipinski definition) is 0. The molecular formula is C16H19FN2. The predicted molar refractivity (Wildman–Crippen MR) is 73.3 cm³/mol. The summed E-state index contributed by atoms with van der Waals surface area (Å²) >= 11 is 0. The normalized spacial score (nSPS) is 28.4. The maximum atomic E-state index is 13.5. The van der Waals surface area contributed by atoms with Crippen LogP contribution in [0.15, 0.2) is 18.2 Å². The molecule has 0 aromatic heterocycles. The average Bonchev–Trinajstić information content (AvgIpc) is 3.00. The molecule has 0 saturated heterocycles. The maximum Gasteiger partial charge on any atom is 0.126 e. The first-order valence-corrected chi connectivity index (χ1v) is 7.07. The second kappa shape index (κ2) is 4.85. The molecule has 2 saturated carbocycles. The first kappa shape index (κ1) is 12.5. The van der Waals surface area contributed by atoms with E-state index in [4.69, 9.17) is 5.26 Å². The molecule has 2 nitrogen and oxygen atoms in total. The zero-order valence-corrected chi connectivity index (χ0v) is 11.3. The Morgan fingerprint density at radius 1 is 1.32 bits per heavy atom. The van der Waals surface area contributed by atoms with Crippen molar-refractivity contribution in [2.75, 3.05) is 18.5 Å². The molecule has 1 aromatic carbocycles. The van der Waals surface area contributed by atoms with Crippen molar-refractivity contribution < 1.29 is 4.39 Å². The molecule has 0 aliphatic heterocycles. The number of nitriles is 1. The van der Waals surface area contributed by atoms with E-state index in [0.29, 0.717) is 5.56 Å². The highest BCUT2D eigenvalue weighted by Gasteiger charge is 2.39. The second-order valence-corrected chi connectivity index (χ2v) is 6.13. The van der Waals surface area contributed by atoms with E-state index in [1.165, 1.54) is 37.8 Å². The Bertz CT molecular complexity index is 520. The van der Waals surface area contributed by atoms with Crippen LogP contribution in [-0.2, 0) is 0 Å². The van der Waals surface area contributed by atoms with Crippen LogP contribution in [0, 0.1) is 34.9 Å². The molecule has 0 N–H and O–H groups in total. The van der Waals surface area contributed by atoms with Crippen LogP contribution in [0.1, 0.15) is 31.2 Å². The lowest BCUT2D eigenvalue weighted by atomic mass is 9.88. The number of anilines is 1. The summed E-state index contributed by atoms with van der Waals surface area (Å²) in [6.45, 7) is 0.982. The maximum absolute atomic E-state index is 13.5. The molecule has 0 heterocycles. The zero-order valence-electron chi connectivity index (χ0n) is 11.3. The van der Waals surface area contributed by atoms with Gasteiger partial charge in [-0.15, -0.1) is 0 Å². The number of rotatable bonds is 3. The van der Waals surface area contributed by atoms with Crippen LogP contribution in [-0.4, -0.2) is 13.6 Å². The standard InChI is InChI=1S/C16H19FN2/c1-19(10-14-5-11-2-3-13(14)4-11)16-7-12(9-18)6-15(17)8-16/h6-8,11,13-14H,2-5,10H2,1H3. The minimum absolute atomic E-state index is 0.325. The van der Waals surface area contributed by atoms with Gasteiger partial charge >= 0.3 is 0 Å². The van der Waals surface area contributed by atoms with Gasteiger partial charge in [-0.2, -0.15) is 5.26 Å². The number of benzene rings is 1. The van der Waals surface area contributed by atoms with Crippen molar-refractivity contribution in [1.82, 2.24) is 0 Å². The summed E-state index contributed by atoms with van der Waals surface area (Å²) in [7, 11) is 2.00. The summed E-state index contributed by atoms with van der Waals surface area (Å²) in [6, 6.07) is 6.60. The Labute approximate surface area is 113 Å². The zero-order chi connectivity index (χ0) is 13.4. The molecule has 2 aliphatic carbocycles. The summed E-state index contributed by atoms with van der Waals surface area (Å²) in [5, 5.41) is 8.90. The van der Waals surface area contributed by atoms with E-state index in [0.717, 1.165) is 30.0 Å². The third kappa shape index (κ3) is 2.45. The van der Waals surface area contributed by atoms with Crippen LogP contribution < -0.4 is 4.90 Å². The van der Waals surface area contributed by atoms with Crippen molar-refractivity contribution in [1.29, 1.82) is 5.26 Å². The molecule has 2 aliphatic rings. The predicted octanol–water partition coefficient (Wildman–Crippen LogP) is 3.57. The van der Waals surface area contributed by atoms with Crippen LogP contribution in [0.2, 0.25) is 0 Å².